The fourth-order valence-corrected chi connectivity index (χ4v) is 2.72. The standard InChI is InChI=1S/C13H19N3S/c1-3-6-14-9-12-4-5-13(17-12)10-16-8-7-15-11(16)2/h4-5,7-8,14H,3,6,9-10H2,1-2H3. The van der Waals surface area contributed by atoms with Gasteiger partial charge >= 0.3 is 0 Å². The second kappa shape index (κ2) is 5.98. The lowest BCUT2D eigenvalue weighted by atomic mass is 10.4. The van der Waals surface area contributed by atoms with Crippen LogP contribution in [0.2, 0.25) is 0 Å². The van der Waals surface area contributed by atoms with E-state index in [2.05, 4.69) is 33.9 Å². The maximum Gasteiger partial charge on any atom is 0.105 e. The molecule has 0 unspecified atom stereocenters. The highest BCUT2D eigenvalue weighted by atomic mass is 32.1. The number of hydrogen-bond donors (Lipinski definition) is 1. The van der Waals surface area contributed by atoms with Crippen LogP contribution in [-0.4, -0.2) is 16.1 Å². The van der Waals surface area contributed by atoms with Crippen molar-refractivity contribution < 1.29 is 0 Å². The summed E-state index contributed by atoms with van der Waals surface area (Å²) in [6.07, 6.45) is 5.07. The van der Waals surface area contributed by atoms with E-state index in [0.717, 1.165) is 25.5 Å². The maximum atomic E-state index is 4.24. The van der Waals surface area contributed by atoms with Crippen LogP contribution in [0.25, 0.3) is 0 Å². The van der Waals surface area contributed by atoms with Crippen molar-refractivity contribution in [2.45, 2.75) is 33.4 Å². The molecule has 1 N–H and O–H groups in total. The Kier molecular flexibility index (Phi) is 4.34. The van der Waals surface area contributed by atoms with Gasteiger partial charge in [0.05, 0.1) is 6.54 Å². The van der Waals surface area contributed by atoms with Crippen LogP contribution in [0, 0.1) is 6.92 Å². The van der Waals surface area contributed by atoms with Crippen molar-refractivity contribution in [3.8, 4) is 0 Å². The summed E-state index contributed by atoms with van der Waals surface area (Å²) in [7, 11) is 0. The first-order valence-corrected chi connectivity index (χ1v) is 6.87. The normalized spacial score (nSPS) is 10.9. The molecule has 3 nitrogen and oxygen atoms in total. The second-order valence-electron chi connectivity index (χ2n) is 4.15. The third-order valence-electron chi connectivity index (χ3n) is 2.69. The summed E-state index contributed by atoms with van der Waals surface area (Å²) in [5.74, 6) is 1.07. The highest BCUT2D eigenvalue weighted by Crippen LogP contribution is 2.18. The van der Waals surface area contributed by atoms with E-state index in [-0.39, 0.29) is 0 Å². The predicted molar refractivity (Wildman–Crippen MR) is 72.4 cm³/mol. The van der Waals surface area contributed by atoms with E-state index in [1.165, 1.54) is 16.2 Å². The number of imidazole rings is 1. The molecule has 92 valence electrons. The van der Waals surface area contributed by atoms with Gasteiger partial charge in [-0.1, -0.05) is 6.92 Å². The van der Waals surface area contributed by atoms with E-state index in [4.69, 9.17) is 0 Å². The summed E-state index contributed by atoms with van der Waals surface area (Å²) >= 11 is 1.88. The molecule has 0 saturated carbocycles. The molecule has 0 atom stereocenters. The van der Waals surface area contributed by atoms with Crippen LogP contribution >= 0.6 is 11.3 Å². The lowest BCUT2D eigenvalue weighted by Crippen LogP contribution is -2.12. The number of rotatable bonds is 6. The molecule has 2 heterocycles. The fourth-order valence-electron chi connectivity index (χ4n) is 1.73. The van der Waals surface area contributed by atoms with Gasteiger partial charge < -0.3 is 9.88 Å². The first kappa shape index (κ1) is 12.3. The summed E-state index contributed by atoms with van der Waals surface area (Å²) in [5, 5.41) is 3.43. The summed E-state index contributed by atoms with van der Waals surface area (Å²) in [5.41, 5.74) is 0. The smallest absolute Gasteiger partial charge is 0.105 e. The van der Waals surface area contributed by atoms with Crippen LogP contribution in [0.1, 0.15) is 28.9 Å². The zero-order chi connectivity index (χ0) is 12.1. The number of hydrogen-bond acceptors (Lipinski definition) is 3. The second-order valence-corrected chi connectivity index (χ2v) is 5.40. The van der Waals surface area contributed by atoms with E-state index in [1.807, 2.05) is 30.7 Å². The van der Waals surface area contributed by atoms with Gasteiger partial charge in [0, 0.05) is 28.7 Å². The van der Waals surface area contributed by atoms with Crippen LogP contribution in [-0.2, 0) is 13.1 Å². The molecular formula is C13H19N3S. The van der Waals surface area contributed by atoms with Crippen molar-refractivity contribution in [3.05, 3.63) is 40.1 Å². The third-order valence-corrected chi connectivity index (χ3v) is 3.76. The highest BCUT2D eigenvalue weighted by Gasteiger charge is 2.02. The van der Waals surface area contributed by atoms with E-state index in [0.29, 0.717) is 0 Å². The van der Waals surface area contributed by atoms with Gasteiger partial charge in [0.1, 0.15) is 5.82 Å². The zero-order valence-electron chi connectivity index (χ0n) is 10.4. The highest BCUT2D eigenvalue weighted by molar-refractivity contribution is 7.11. The average Bonchev–Trinajstić information content (AvgIpc) is 2.91. The molecule has 0 bridgehead atoms. The van der Waals surface area contributed by atoms with E-state index in [1.54, 1.807) is 0 Å². The molecule has 0 aromatic carbocycles. The minimum atomic E-state index is 0.935. The largest absolute Gasteiger partial charge is 0.330 e. The van der Waals surface area contributed by atoms with Gasteiger partial charge in [-0.15, -0.1) is 11.3 Å². The van der Waals surface area contributed by atoms with Crippen molar-refractivity contribution in [1.29, 1.82) is 0 Å². The van der Waals surface area contributed by atoms with Crippen molar-refractivity contribution in [2.24, 2.45) is 0 Å². The molecule has 2 aromatic rings. The molecule has 0 aliphatic carbocycles. The number of aromatic nitrogens is 2. The Hall–Kier alpha value is -1.13. The first-order chi connectivity index (χ1) is 8.29. The molecule has 0 radical (unpaired) electrons. The molecular weight excluding hydrogens is 230 g/mol. The van der Waals surface area contributed by atoms with Gasteiger partial charge in [-0.3, -0.25) is 0 Å². The molecule has 0 spiro atoms. The minimum Gasteiger partial charge on any atom is -0.330 e. The number of nitrogens with zero attached hydrogens (tertiary/aromatic N) is 2. The van der Waals surface area contributed by atoms with Crippen LogP contribution in [0.3, 0.4) is 0 Å². The Morgan fingerprint density at radius 3 is 2.88 bits per heavy atom. The lowest BCUT2D eigenvalue weighted by molar-refractivity contribution is 0.681. The van der Waals surface area contributed by atoms with Crippen molar-refractivity contribution >= 4 is 11.3 Å². The van der Waals surface area contributed by atoms with E-state index < -0.39 is 0 Å². The summed E-state index contributed by atoms with van der Waals surface area (Å²) < 4.78 is 2.18. The van der Waals surface area contributed by atoms with Crippen molar-refractivity contribution in [3.63, 3.8) is 0 Å². The minimum absolute atomic E-state index is 0.935. The van der Waals surface area contributed by atoms with Gasteiger partial charge in [0.2, 0.25) is 0 Å². The quantitative estimate of drug-likeness (QED) is 0.798. The van der Waals surface area contributed by atoms with Gasteiger partial charge in [-0.05, 0) is 32.0 Å². The monoisotopic (exact) mass is 249 g/mol. The zero-order valence-corrected chi connectivity index (χ0v) is 11.3. The van der Waals surface area contributed by atoms with Crippen LogP contribution in [0.4, 0.5) is 0 Å². The van der Waals surface area contributed by atoms with Crippen LogP contribution < -0.4 is 5.32 Å². The van der Waals surface area contributed by atoms with Gasteiger partial charge in [0.25, 0.3) is 0 Å². The van der Waals surface area contributed by atoms with Crippen molar-refractivity contribution in [2.75, 3.05) is 6.54 Å². The summed E-state index contributed by atoms with van der Waals surface area (Å²) in [6.45, 7) is 7.24. The van der Waals surface area contributed by atoms with Crippen LogP contribution in [0.5, 0.6) is 0 Å². The summed E-state index contributed by atoms with van der Waals surface area (Å²) in [4.78, 5) is 7.03. The molecule has 17 heavy (non-hydrogen) atoms. The Morgan fingerprint density at radius 1 is 1.35 bits per heavy atom. The molecule has 0 amide bonds. The molecule has 2 rings (SSSR count). The molecule has 0 aliphatic rings. The Morgan fingerprint density at radius 2 is 2.18 bits per heavy atom. The molecule has 2 aromatic heterocycles. The Bertz CT molecular complexity index is 459. The fraction of sp³-hybridized carbons (Fsp3) is 0.462. The first-order valence-electron chi connectivity index (χ1n) is 6.05. The number of nitrogens with one attached hydrogen (secondary N) is 1. The van der Waals surface area contributed by atoms with E-state index in [9.17, 15) is 0 Å². The van der Waals surface area contributed by atoms with Gasteiger partial charge in [0.15, 0.2) is 0 Å². The van der Waals surface area contributed by atoms with Crippen molar-refractivity contribution in [1.82, 2.24) is 14.9 Å². The lowest BCUT2D eigenvalue weighted by Gasteiger charge is -2.02. The molecule has 0 aliphatic heterocycles. The average molecular weight is 249 g/mol. The Balaban J connectivity index is 1.92. The number of thiophene rings is 1. The Labute approximate surface area is 107 Å². The third kappa shape index (κ3) is 3.41. The van der Waals surface area contributed by atoms with E-state index >= 15 is 0 Å². The maximum absolute atomic E-state index is 4.24. The molecule has 4 heteroatoms. The molecule has 0 fully saturated rings. The summed E-state index contributed by atoms with van der Waals surface area (Å²) in [6, 6.07) is 4.43. The topological polar surface area (TPSA) is 29.9 Å². The van der Waals surface area contributed by atoms with Gasteiger partial charge in [-0.2, -0.15) is 0 Å². The van der Waals surface area contributed by atoms with Crippen LogP contribution in [0.15, 0.2) is 24.5 Å². The predicted octanol–water partition coefficient (Wildman–Crippen LogP) is 2.80. The van der Waals surface area contributed by atoms with Gasteiger partial charge in [-0.25, -0.2) is 4.98 Å². The molecule has 0 saturated heterocycles. The number of aryl methyl sites for hydroxylation is 1. The SMILES string of the molecule is CCCNCc1ccc(Cn2ccnc2C)s1.